The van der Waals surface area contributed by atoms with Crippen molar-refractivity contribution in [3.8, 4) is 0 Å². The Balaban J connectivity index is 2.49. The standard InChI is InChI=1S/C13H26N2O3/c1-4-18-9-8-15(2)11-6-5-7-13(14,10-11)12(16)17-3/h11H,4-10,14H2,1-3H3. The molecule has 5 nitrogen and oxygen atoms in total. The zero-order valence-electron chi connectivity index (χ0n) is 11.8. The highest BCUT2D eigenvalue weighted by Gasteiger charge is 2.41. The van der Waals surface area contributed by atoms with Crippen molar-refractivity contribution in [3.63, 3.8) is 0 Å². The molecule has 1 aliphatic rings. The van der Waals surface area contributed by atoms with E-state index in [0.29, 0.717) is 12.5 Å². The summed E-state index contributed by atoms with van der Waals surface area (Å²) >= 11 is 0. The molecule has 106 valence electrons. The molecule has 0 spiro atoms. The average Bonchev–Trinajstić information content (AvgIpc) is 2.38. The molecule has 1 rings (SSSR count). The van der Waals surface area contributed by atoms with Crippen LogP contribution in [0.5, 0.6) is 0 Å². The van der Waals surface area contributed by atoms with Crippen LogP contribution in [0.25, 0.3) is 0 Å². The molecule has 0 aromatic carbocycles. The molecule has 0 radical (unpaired) electrons. The first-order valence-electron chi connectivity index (χ1n) is 6.68. The number of nitrogens with zero attached hydrogens (tertiary/aromatic N) is 1. The van der Waals surface area contributed by atoms with Gasteiger partial charge in [-0.15, -0.1) is 0 Å². The second-order valence-electron chi connectivity index (χ2n) is 5.08. The van der Waals surface area contributed by atoms with Gasteiger partial charge in [0, 0.05) is 19.2 Å². The highest BCUT2D eigenvalue weighted by atomic mass is 16.5. The largest absolute Gasteiger partial charge is 0.468 e. The van der Waals surface area contributed by atoms with Gasteiger partial charge in [-0.3, -0.25) is 4.79 Å². The number of nitrogens with two attached hydrogens (primary N) is 1. The van der Waals surface area contributed by atoms with Crippen LogP contribution in [0.2, 0.25) is 0 Å². The van der Waals surface area contributed by atoms with Gasteiger partial charge in [0.15, 0.2) is 0 Å². The Morgan fingerprint density at radius 1 is 1.56 bits per heavy atom. The van der Waals surface area contributed by atoms with Gasteiger partial charge in [0.25, 0.3) is 0 Å². The van der Waals surface area contributed by atoms with Crippen molar-refractivity contribution in [2.45, 2.75) is 44.2 Å². The maximum atomic E-state index is 11.7. The van der Waals surface area contributed by atoms with E-state index < -0.39 is 5.54 Å². The van der Waals surface area contributed by atoms with E-state index >= 15 is 0 Å². The maximum absolute atomic E-state index is 11.7. The lowest BCUT2D eigenvalue weighted by Crippen LogP contribution is -2.55. The molecule has 0 heterocycles. The lowest BCUT2D eigenvalue weighted by Gasteiger charge is -2.39. The fourth-order valence-electron chi connectivity index (χ4n) is 2.58. The predicted octanol–water partition coefficient (Wildman–Crippen LogP) is 0.768. The zero-order valence-corrected chi connectivity index (χ0v) is 11.8. The summed E-state index contributed by atoms with van der Waals surface area (Å²) in [5.74, 6) is -0.287. The molecule has 1 fully saturated rings. The van der Waals surface area contributed by atoms with Crippen molar-refractivity contribution < 1.29 is 14.3 Å². The van der Waals surface area contributed by atoms with Gasteiger partial charge in [0.05, 0.1) is 13.7 Å². The van der Waals surface area contributed by atoms with Gasteiger partial charge in [-0.05, 0) is 39.7 Å². The predicted molar refractivity (Wildman–Crippen MR) is 70.3 cm³/mol. The Kier molecular flexibility index (Phi) is 6.05. The van der Waals surface area contributed by atoms with Gasteiger partial charge >= 0.3 is 5.97 Å². The number of ether oxygens (including phenoxy) is 2. The summed E-state index contributed by atoms with van der Waals surface area (Å²) in [4.78, 5) is 14.0. The van der Waals surface area contributed by atoms with Gasteiger partial charge in [0.1, 0.15) is 5.54 Å². The third-order valence-corrected chi connectivity index (χ3v) is 3.77. The van der Waals surface area contributed by atoms with Crippen molar-refractivity contribution in [3.05, 3.63) is 0 Å². The minimum absolute atomic E-state index is 0.287. The first-order chi connectivity index (χ1) is 8.53. The number of rotatable bonds is 6. The van der Waals surface area contributed by atoms with Crippen molar-refractivity contribution in [1.82, 2.24) is 4.90 Å². The minimum Gasteiger partial charge on any atom is -0.468 e. The Bertz CT molecular complexity index is 273. The summed E-state index contributed by atoms with van der Waals surface area (Å²) in [7, 11) is 3.46. The molecule has 2 unspecified atom stereocenters. The molecule has 1 aliphatic carbocycles. The molecule has 0 aromatic heterocycles. The second-order valence-corrected chi connectivity index (χ2v) is 5.08. The SMILES string of the molecule is CCOCCN(C)C1CCCC(N)(C(=O)OC)C1. The van der Waals surface area contributed by atoms with Crippen LogP contribution in [-0.4, -0.2) is 56.4 Å². The van der Waals surface area contributed by atoms with E-state index in [4.69, 9.17) is 15.2 Å². The van der Waals surface area contributed by atoms with Gasteiger partial charge in [-0.1, -0.05) is 0 Å². The molecule has 0 saturated heterocycles. The van der Waals surface area contributed by atoms with Crippen LogP contribution >= 0.6 is 0 Å². The number of hydrogen-bond donors (Lipinski definition) is 1. The molecular weight excluding hydrogens is 232 g/mol. The lowest BCUT2D eigenvalue weighted by atomic mass is 9.79. The fourth-order valence-corrected chi connectivity index (χ4v) is 2.58. The molecule has 0 aliphatic heterocycles. The highest BCUT2D eigenvalue weighted by Crippen LogP contribution is 2.29. The van der Waals surface area contributed by atoms with Crippen LogP contribution in [0, 0.1) is 0 Å². The number of carbonyl (C=O) groups is 1. The number of methoxy groups -OCH3 is 1. The van der Waals surface area contributed by atoms with Gasteiger partial charge in [-0.2, -0.15) is 0 Å². The number of hydrogen-bond acceptors (Lipinski definition) is 5. The Hall–Kier alpha value is -0.650. The van der Waals surface area contributed by atoms with Gasteiger partial charge < -0.3 is 20.1 Å². The molecule has 0 bridgehead atoms. The summed E-state index contributed by atoms with van der Waals surface area (Å²) in [5.41, 5.74) is 5.36. The average molecular weight is 258 g/mol. The monoisotopic (exact) mass is 258 g/mol. The zero-order chi connectivity index (χ0) is 13.6. The molecule has 0 amide bonds. The quantitative estimate of drug-likeness (QED) is 0.563. The fraction of sp³-hybridized carbons (Fsp3) is 0.923. The van der Waals surface area contributed by atoms with E-state index in [9.17, 15) is 4.79 Å². The Morgan fingerprint density at radius 3 is 2.89 bits per heavy atom. The van der Waals surface area contributed by atoms with Crippen LogP contribution in [0.3, 0.4) is 0 Å². The first kappa shape index (κ1) is 15.4. The molecule has 5 heteroatoms. The Morgan fingerprint density at radius 2 is 2.28 bits per heavy atom. The van der Waals surface area contributed by atoms with E-state index in [1.54, 1.807) is 0 Å². The number of carbonyl (C=O) groups excluding carboxylic acids is 1. The summed E-state index contributed by atoms with van der Waals surface area (Å²) in [6.45, 7) is 4.32. The van der Waals surface area contributed by atoms with Gasteiger partial charge in [0.2, 0.25) is 0 Å². The molecule has 0 aromatic rings. The van der Waals surface area contributed by atoms with Crippen LogP contribution in [0.1, 0.15) is 32.6 Å². The number of esters is 1. The van der Waals surface area contributed by atoms with Crippen molar-refractivity contribution in [2.24, 2.45) is 5.73 Å². The molecule has 2 atom stereocenters. The summed E-state index contributed by atoms with van der Waals surface area (Å²) in [5, 5.41) is 0. The first-order valence-corrected chi connectivity index (χ1v) is 6.68. The van der Waals surface area contributed by atoms with E-state index in [2.05, 4.69) is 11.9 Å². The molecular formula is C13H26N2O3. The van der Waals surface area contributed by atoms with Crippen molar-refractivity contribution in [1.29, 1.82) is 0 Å². The van der Waals surface area contributed by atoms with E-state index in [1.165, 1.54) is 7.11 Å². The van der Waals surface area contributed by atoms with E-state index in [0.717, 1.165) is 39.0 Å². The third kappa shape index (κ3) is 3.93. The van der Waals surface area contributed by atoms with Crippen LogP contribution in [0.15, 0.2) is 0 Å². The Labute approximate surface area is 110 Å². The maximum Gasteiger partial charge on any atom is 0.325 e. The molecule has 18 heavy (non-hydrogen) atoms. The smallest absolute Gasteiger partial charge is 0.325 e. The van der Waals surface area contributed by atoms with Crippen molar-refractivity contribution >= 4 is 5.97 Å². The summed E-state index contributed by atoms with van der Waals surface area (Å²) in [6.07, 6.45) is 3.44. The van der Waals surface area contributed by atoms with Gasteiger partial charge in [-0.25, -0.2) is 0 Å². The normalized spacial score (nSPS) is 28.4. The van der Waals surface area contributed by atoms with Crippen molar-refractivity contribution in [2.75, 3.05) is 33.9 Å². The third-order valence-electron chi connectivity index (χ3n) is 3.77. The van der Waals surface area contributed by atoms with E-state index in [-0.39, 0.29) is 5.97 Å². The van der Waals surface area contributed by atoms with Crippen LogP contribution < -0.4 is 5.73 Å². The second kappa shape index (κ2) is 7.07. The molecule has 2 N–H and O–H groups in total. The summed E-state index contributed by atoms with van der Waals surface area (Å²) in [6, 6.07) is 0.336. The topological polar surface area (TPSA) is 64.8 Å². The summed E-state index contributed by atoms with van der Waals surface area (Å²) < 4.78 is 10.2. The number of likely N-dealkylation sites (N-methyl/N-ethyl adjacent to an activating group) is 1. The lowest BCUT2D eigenvalue weighted by molar-refractivity contribution is -0.149. The highest BCUT2D eigenvalue weighted by molar-refractivity contribution is 5.80. The van der Waals surface area contributed by atoms with Crippen LogP contribution in [0.4, 0.5) is 0 Å². The molecule has 1 saturated carbocycles. The minimum atomic E-state index is -0.808. The van der Waals surface area contributed by atoms with E-state index in [1.807, 2.05) is 6.92 Å². The van der Waals surface area contributed by atoms with Crippen LogP contribution in [-0.2, 0) is 14.3 Å².